The van der Waals surface area contributed by atoms with Gasteiger partial charge in [0, 0.05) is 5.02 Å². The molecule has 2 aromatic carbocycles. The second kappa shape index (κ2) is 6.37. The van der Waals surface area contributed by atoms with Crippen LogP contribution < -0.4 is 15.0 Å². The van der Waals surface area contributed by atoms with Crippen molar-refractivity contribution in [2.75, 3.05) is 12.0 Å². The minimum atomic E-state index is -0.501. The van der Waals surface area contributed by atoms with E-state index in [1.807, 2.05) is 25.1 Å². The molecule has 3 rings (SSSR count). The third-order valence-corrected chi connectivity index (χ3v) is 3.91. The Kier molecular flexibility index (Phi) is 4.27. The van der Waals surface area contributed by atoms with E-state index in [2.05, 4.69) is 5.32 Å². The molecule has 3 amide bonds. The van der Waals surface area contributed by atoms with Crippen LogP contribution in [0.2, 0.25) is 5.02 Å². The van der Waals surface area contributed by atoms with E-state index in [9.17, 15) is 9.59 Å². The van der Waals surface area contributed by atoms with Crippen LogP contribution in [-0.4, -0.2) is 19.0 Å². The van der Waals surface area contributed by atoms with Crippen LogP contribution in [0.5, 0.6) is 5.75 Å². The fourth-order valence-electron chi connectivity index (χ4n) is 2.54. The third kappa shape index (κ3) is 2.98. The highest BCUT2D eigenvalue weighted by atomic mass is 35.5. The zero-order valence-corrected chi connectivity index (χ0v) is 13.9. The van der Waals surface area contributed by atoms with Crippen molar-refractivity contribution < 1.29 is 14.3 Å². The maximum atomic E-state index is 12.5. The predicted octanol–water partition coefficient (Wildman–Crippen LogP) is 3.75. The Morgan fingerprint density at radius 1 is 1.17 bits per heavy atom. The molecule has 6 heteroatoms. The van der Waals surface area contributed by atoms with Gasteiger partial charge in [-0.05, 0) is 54.5 Å². The molecular formula is C18H15ClN2O3. The third-order valence-electron chi connectivity index (χ3n) is 3.67. The summed E-state index contributed by atoms with van der Waals surface area (Å²) in [5.41, 5.74) is 2.38. The van der Waals surface area contributed by atoms with E-state index in [1.165, 1.54) is 0 Å². The number of urea groups is 1. The number of hydrogen-bond donors (Lipinski definition) is 1. The first kappa shape index (κ1) is 16.1. The van der Waals surface area contributed by atoms with E-state index in [1.54, 1.807) is 37.5 Å². The molecule has 5 nitrogen and oxygen atoms in total. The summed E-state index contributed by atoms with van der Waals surface area (Å²) in [6, 6.07) is 11.6. The van der Waals surface area contributed by atoms with Gasteiger partial charge in [0.25, 0.3) is 5.91 Å². The Balaban J connectivity index is 1.92. The van der Waals surface area contributed by atoms with Crippen molar-refractivity contribution in [2.24, 2.45) is 0 Å². The van der Waals surface area contributed by atoms with Gasteiger partial charge < -0.3 is 10.1 Å². The number of carbonyl (C=O) groups is 2. The average molecular weight is 343 g/mol. The van der Waals surface area contributed by atoms with Gasteiger partial charge >= 0.3 is 6.03 Å². The molecule has 0 unspecified atom stereocenters. The molecule has 1 aliphatic rings. The molecule has 1 fully saturated rings. The standard InChI is InChI=1S/C18H15ClN2O3/c1-11-8-12(6-7-16(11)24-2)9-15-17(22)21(18(23)20-15)14-5-3-4-13(19)10-14/h3-10H,1-2H3,(H,20,23)/b15-9+. The van der Waals surface area contributed by atoms with Crippen molar-refractivity contribution in [3.8, 4) is 5.75 Å². The fourth-order valence-corrected chi connectivity index (χ4v) is 2.73. The first-order valence-corrected chi connectivity index (χ1v) is 7.65. The molecule has 1 saturated heterocycles. The van der Waals surface area contributed by atoms with Crippen molar-refractivity contribution >= 4 is 35.3 Å². The van der Waals surface area contributed by atoms with Crippen LogP contribution in [0.3, 0.4) is 0 Å². The Morgan fingerprint density at radius 3 is 2.62 bits per heavy atom. The Labute approximate surface area is 144 Å². The number of nitrogens with one attached hydrogen (secondary N) is 1. The van der Waals surface area contributed by atoms with Gasteiger partial charge in [0.15, 0.2) is 0 Å². The Hall–Kier alpha value is -2.79. The molecule has 1 heterocycles. The maximum Gasteiger partial charge on any atom is 0.333 e. The number of halogens is 1. The number of methoxy groups -OCH3 is 1. The highest BCUT2D eigenvalue weighted by molar-refractivity contribution is 6.32. The first-order valence-electron chi connectivity index (χ1n) is 7.27. The number of ether oxygens (including phenoxy) is 1. The molecule has 2 aromatic rings. The number of rotatable bonds is 3. The number of carbonyl (C=O) groups excluding carboxylic acids is 2. The zero-order valence-electron chi connectivity index (χ0n) is 13.2. The van der Waals surface area contributed by atoms with Gasteiger partial charge in [-0.2, -0.15) is 0 Å². The second-order valence-corrected chi connectivity index (χ2v) is 5.77. The van der Waals surface area contributed by atoms with Gasteiger partial charge in [0.1, 0.15) is 11.4 Å². The second-order valence-electron chi connectivity index (χ2n) is 5.34. The lowest BCUT2D eigenvalue weighted by molar-refractivity contribution is -0.113. The molecule has 0 saturated carbocycles. The molecule has 24 heavy (non-hydrogen) atoms. The van der Waals surface area contributed by atoms with Crippen molar-refractivity contribution in [3.05, 3.63) is 64.3 Å². The Morgan fingerprint density at radius 2 is 1.96 bits per heavy atom. The number of benzene rings is 2. The average Bonchev–Trinajstić information content (AvgIpc) is 2.81. The Bertz CT molecular complexity index is 861. The maximum absolute atomic E-state index is 12.5. The molecule has 122 valence electrons. The molecule has 1 N–H and O–H groups in total. The van der Waals surface area contributed by atoms with Crippen molar-refractivity contribution in [1.82, 2.24) is 5.32 Å². The molecule has 0 radical (unpaired) electrons. The minimum absolute atomic E-state index is 0.213. The normalized spacial score (nSPS) is 15.8. The van der Waals surface area contributed by atoms with E-state index in [0.717, 1.165) is 21.8 Å². The van der Waals surface area contributed by atoms with Gasteiger partial charge in [-0.15, -0.1) is 0 Å². The van der Waals surface area contributed by atoms with Crippen molar-refractivity contribution in [2.45, 2.75) is 6.92 Å². The van der Waals surface area contributed by atoms with Crippen molar-refractivity contribution in [3.63, 3.8) is 0 Å². The van der Waals surface area contributed by atoms with E-state index in [4.69, 9.17) is 16.3 Å². The number of nitrogens with zero attached hydrogens (tertiary/aromatic N) is 1. The molecule has 0 aliphatic carbocycles. The lowest BCUT2D eigenvalue weighted by Crippen LogP contribution is -2.30. The first-order chi connectivity index (χ1) is 11.5. The highest BCUT2D eigenvalue weighted by Gasteiger charge is 2.34. The van der Waals surface area contributed by atoms with E-state index in [-0.39, 0.29) is 5.70 Å². The van der Waals surface area contributed by atoms with Crippen molar-refractivity contribution in [1.29, 1.82) is 0 Å². The summed E-state index contributed by atoms with van der Waals surface area (Å²) in [7, 11) is 1.60. The van der Waals surface area contributed by atoms with E-state index >= 15 is 0 Å². The number of aryl methyl sites for hydroxylation is 1. The number of imide groups is 1. The van der Waals surface area contributed by atoms with Crippen LogP contribution in [0.15, 0.2) is 48.2 Å². The van der Waals surface area contributed by atoms with Crippen LogP contribution in [0.4, 0.5) is 10.5 Å². The number of anilines is 1. The van der Waals surface area contributed by atoms with Crippen LogP contribution in [-0.2, 0) is 4.79 Å². The SMILES string of the molecule is COc1ccc(/C=C2/NC(=O)N(c3cccc(Cl)c3)C2=O)cc1C. The monoisotopic (exact) mass is 342 g/mol. The molecule has 1 aliphatic heterocycles. The summed E-state index contributed by atoms with van der Waals surface area (Å²) in [5, 5.41) is 3.05. The molecule has 0 spiro atoms. The molecule has 0 aromatic heterocycles. The predicted molar refractivity (Wildman–Crippen MR) is 93.2 cm³/mol. The summed E-state index contributed by atoms with van der Waals surface area (Å²) in [6.45, 7) is 1.91. The summed E-state index contributed by atoms with van der Waals surface area (Å²) < 4.78 is 5.22. The van der Waals surface area contributed by atoms with E-state index in [0.29, 0.717) is 10.7 Å². The topological polar surface area (TPSA) is 58.6 Å². The molecule has 0 bridgehead atoms. The van der Waals surface area contributed by atoms with Crippen LogP contribution >= 0.6 is 11.6 Å². The van der Waals surface area contributed by atoms with E-state index < -0.39 is 11.9 Å². The highest BCUT2D eigenvalue weighted by Crippen LogP contribution is 2.26. The fraction of sp³-hybridized carbons (Fsp3) is 0.111. The van der Waals surface area contributed by atoms with Gasteiger partial charge in [0.2, 0.25) is 0 Å². The lowest BCUT2D eigenvalue weighted by atomic mass is 10.1. The lowest BCUT2D eigenvalue weighted by Gasteiger charge is -2.11. The van der Waals surface area contributed by atoms with Gasteiger partial charge in [0.05, 0.1) is 12.8 Å². The summed E-state index contributed by atoms with van der Waals surface area (Å²) in [5.74, 6) is 0.343. The van der Waals surface area contributed by atoms with Gasteiger partial charge in [-0.1, -0.05) is 23.7 Å². The summed E-state index contributed by atoms with van der Waals surface area (Å²) in [6.07, 6.45) is 1.64. The quantitative estimate of drug-likeness (QED) is 0.682. The summed E-state index contributed by atoms with van der Waals surface area (Å²) in [4.78, 5) is 25.8. The minimum Gasteiger partial charge on any atom is -0.496 e. The largest absolute Gasteiger partial charge is 0.496 e. The smallest absolute Gasteiger partial charge is 0.333 e. The van der Waals surface area contributed by atoms with Crippen LogP contribution in [0.1, 0.15) is 11.1 Å². The summed E-state index contributed by atoms with van der Waals surface area (Å²) >= 11 is 5.93. The van der Waals surface area contributed by atoms with Gasteiger partial charge in [-0.25, -0.2) is 9.69 Å². The molecular weight excluding hydrogens is 328 g/mol. The van der Waals surface area contributed by atoms with Crippen LogP contribution in [0.25, 0.3) is 6.08 Å². The number of hydrogen-bond acceptors (Lipinski definition) is 3. The number of amides is 3. The zero-order chi connectivity index (χ0) is 17.3. The van der Waals surface area contributed by atoms with Crippen LogP contribution in [0, 0.1) is 6.92 Å². The van der Waals surface area contributed by atoms with Gasteiger partial charge in [-0.3, -0.25) is 4.79 Å². The molecule has 0 atom stereocenters.